The third-order valence-corrected chi connectivity index (χ3v) is 4.42. The maximum absolute atomic E-state index is 12.6. The van der Waals surface area contributed by atoms with Crippen LogP contribution in [0.15, 0.2) is 6.07 Å². The average molecular weight is 346 g/mol. The average Bonchev–Trinajstić information content (AvgIpc) is 3.18. The molecule has 0 aliphatic carbocycles. The lowest BCUT2D eigenvalue weighted by Crippen LogP contribution is -2.26. The van der Waals surface area contributed by atoms with Gasteiger partial charge in [-0.15, -0.1) is 0 Å². The topological polar surface area (TPSA) is 78.3 Å². The number of pyridine rings is 1. The molecular formula is C18H26N4O3. The van der Waals surface area contributed by atoms with E-state index >= 15 is 0 Å². The van der Waals surface area contributed by atoms with E-state index < -0.39 is 0 Å². The van der Waals surface area contributed by atoms with Crippen LogP contribution in [0.1, 0.15) is 41.0 Å². The number of nitrogens with zero attached hydrogens (tertiary/aromatic N) is 3. The monoisotopic (exact) mass is 346 g/mol. The van der Waals surface area contributed by atoms with Crippen molar-refractivity contribution in [2.45, 2.75) is 39.2 Å². The molecule has 1 saturated heterocycles. The number of carbonyl (C=O) groups is 1. The molecule has 1 unspecified atom stereocenters. The number of hydrogen-bond donors (Lipinski definition) is 1. The summed E-state index contributed by atoms with van der Waals surface area (Å²) >= 11 is 0. The van der Waals surface area contributed by atoms with Crippen LogP contribution in [-0.4, -0.2) is 53.1 Å². The fourth-order valence-electron chi connectivity index (χ4n) is 3.21. The first-order valence-electron chi connectivity index (χ1n) is 8.84. The molecule has 136 valence electrons. The number of aryl methyl sites for hydroxylation is 3. The van der Waals surface area contributed by atoms with Gasteiger partial charge in [-0.1, -0.05) is 0 Å². The highest BCUT2D eigenvalue weighted by Crippen LogP contribution is 2.21. The molecule has 25 heavy (non-hydrogen) atoms. The summed E-state index contributed by atoms with van der Waals surface area (Å²) < 4.78 is 12.8. The molecule has 2 aromatic heterocycles. The van der Waals surface area contributed by atoms with Gasteiger partial charge in [0.15, 0.2) is 5.65 Å². The summed E-state index contributed by atoms with van der Waals surface area (Å²) in [6, 6.07) is 1.82. The molecule has 1 amide bonds. The maximum Gasteiger partial charge on any atom is 0.252 e. The van der Waals surface area contributed by atoms with Crippen LogP contribution in [0.25, 0.3) is 11.0 Å². The van der Waals surface area contributed by atoms with Crippen molar-refractivity contribution in [3.05, 3.63) is 23.0 Å². The molecule has 0 saturated carbocycles. The number of rotatable bonds is 7. The van der Waals surface area contributed by atoms with Crippen molar-refractivity contribution in [1.29, 1.82) is 0 Å². The molecule has 1 fully saturated rings. The van der Waals surface area contributed by atoms with Gasteiger partial charge in [-0.2, -0.15) is 5.10 Å². The Kier molecular flexibility index (Phi) is 5.65. The molecule has 0 aromatic carbocycles. The minimum absolute atomic E-state index is 0.0919. The maximum atomic E-state index is 12.6. The summed E-state index contributed by atoms with van der Waals surface area (Å²) in [7, 11) is 1.84. The largest absolute Gasteiger partial charge is 0.379 e. The second-order valence-electron chi connectivity index (χ2n) is 6.54. The Bertz CT molecular complexity index is 750. The molecule has 0 bridgehead atoms. The highest BCUT2D eigenvalue weighted by Gasteiger charge is 2.17. The van der Waals surface area contributed by atoms with Crippen LogP contribution in [0.4, 0.5) is 0 Å². The second-order valence-corrected chi connectivity index (χ2v) is 6.54. The lowest BCUT2D eigenvalue weighted by Gasteiger charge is -2.11. The molecule has 0 radical (unpaired) electrons. The predicted molar refractivity (Wildman–Crippen MR) is 94.7 cm³/mol. The van der Waals surface area contributed by atoms with Crippen molar-refractivity contribution >= 4 is 16.9 Å². The molecule has 1 aliphatic heterocycles. The molecule has 7 heteroatoms. The number of nitrogens with one attached hydrogen (secondary N) is 1. The minimum atomic E-state index is -0.0919. The fourth-order valence-corrected chi connectivity index (χ4v) is 3.21. The summed E-state index contributed by atoms with van der Waals surface area (Å²) in [6.07, 6.45) is 3.23. The molecule has 1 aliphatic rings. The first-order chi connectivity index (χ1) is 12.1. The lowest BCUT2D eigenvalue weighted by molar-refractivity contribution is 0.0166. The number of ether oxygens (including phenoxy) is 2. The van der Waals surface area contributed by atoms with Crippen LogP contribution in [0, 0.1) is 13.8 Å². The van der Waals surface area contributed by atoms with Gasteiger partial charge in [0, 0.05) is 32.5 Å². The number of aromatic nitrogens is 3. The SMILES string of the molecule is Cc1cc(C(=O)NCCCOCC2CCCO2)c2c(C)nn(C)c2n1. The highest BCUT2D eigenvalue weighted by molar-refractivity contribution is 6.06. The van der Waals surface area contributed by atoms with Gasteiger partial charge in [-0.25, -0.2) is 4.98 Å². The van der Waals surface area contributed by atoms with E-state index in [1.54, 1.807) is 4.68 Å². The van der Waals surface area contributed by atoms with Gasteiger partial charge in [0.25, 0.3) is 5.91 Å². The Morgan fingerprint density at radius 2 is 2.32 bits per heavy atom. The Morgan fingerprint density at radius 1 is 1.48 bits per heavy atom. The van der Waals surface area contributed by atoms with E-state index in [2.05, 4.69) is 15.4 Å². The quantitative estimate of drug-likeness (QED) is 0.775. The lowest BCUT2D eigenvalue weighted by atomic mass is 10.1. The van der Waals surface area contributed by atoms with Gasteiger partial charge in [-0.05, 0) is 39.2 Å². The minimum Gasteiger partial charge on any atom is -0.379 e. The zero-order chi connectivity index (χ0) is 17.8. The molecule has 1 N–H and O–H groups in total. The van der Waals surface area contributed by atoms with Crippen molar-refractivity contribution in [3.63, 3.8) is 0 Å². The van der Waals surface area contributed by atoms with Crippen molar-refractivity contribution in [3.8, 4) is 0 Å². The molecule has 7 nitrogen and oxygen atoms in total. The molecule has 0 spiro atoms. The molecule has 3 heterocycles. The number of carbonyl (C=O) groups excluding carboxylic acids is 1. The third kappa shape index (κ3) is 4.16. The van der Waals surface area contributed by atoms with E-state index in [9.17, 15) is 4.79 Å². The van der Waals surface area contributed by atoms with Gasteiger partial charge in [0.1, 0.15) is 0 Å². The number of amides is 1. The summed E-state index contributed by atoms with van der Waals surface area (Å²) in [5.41, 5.74) is 2.99. The second kappa shape index (κ2) is 7.93. The third-order valence-electron chi connectivity index (χ3n) is 4.42. The van der Waals surface area contributed by atoms with Gasteiger partial charge in [-0.3, -0.25) is 9.48 Å². The molecule has 1 atom stereocenters. The number of fused-ring (bicyclic) bond motifs is 1. The first kappa shape index (κ1) is 17.8. The van der Waals surface area contributed by atoms with Gasteiger partial charge in [0.05, 0.1) is 29.4 Å². The smallest absolute Gasteiger partial charge is 0.252 e. The van der Waals surface area contributed by atoms with Crippen LogP contribution < -0.4 is 5.32 Å². The van der Waals surface area contributed by atoms with Crippen LogP contribution in [0.2, 0.25) is 0 Å². The normalized spacial score (nSPS) is 17.3. The summed E-state index contributed by atoms with van der Waals surface area (Å²) in [5.74, 6) is -0.0919. The standard InChI is InChI=1S/C18H26N4O3/c1-12-10-15(16-13(2)21-22(3)17(16)20-12)18(23)19-7-5-8-24-11-14-6-4-9-25-14/h10,14H,4-9,11H2,1-3H3,(H,19,23). The van der Waals surface area contributed by atoms with Crippen LogP contribution in [-0.2, 0) is 16.5 Å². The number of hydrogen-bond acceptors (Lipinski definition) is 5. The zero-order valence-electron chi connectivity index (χ0n) is 15.2. The van der Waals surface area contributed by atoms with E-state index in [0.29, 0.717) is 25.3 Å². The van der Waals surface area contributed by atoms with Crippen molar-refractivity contribution in [2.75, 3.05) is 26.4 Å². The van der Waals surface area contributed by atoms with E-state index in [1.165, 1.54) is 0 Å². The zero-order valence-corrected chi connectivity index (χ0v) is 15.2. The fraction of sp³-hybridized carbons (Fsp3) is 0.611. The summed E-state index contributed by atoms with van der Waals surface area (Å²) in [6.45, 7) is 6.47. The van der Waals surface area contributed by atoms with Crippen molar-refractivity contribution < 1.29 is 14.3 Å². The predicted octanol–water partition coefficient (Wildman–Crippen LogP) is 1.90. The Morgan fingerprint density at radius 3 is 3.08 bits per heavy atom. The highest BCUT2D eigenvalue weighted by atomic mass is 16.5. The molecular weight excluding hydrogens is 320 g/mol. The summed E-state index contributed by atoms with van der Waals surface area (Å²) in [4.78, 5) is 17.1. The first-order valence-corrected chi connectivity index (χ1v) is 8.84. The van der Waals surface area contributed by atoms with E-state index in [1.807, 2.05) is 27.0 Å². The van der Waals surface area contributed by atoms with Crippen LogP contribution >= 0.6 is 0 Å². The van der Waals surface area contributed by atoms with E-state index in [0.717, 1.165) is 48.3 Å². The van der Waals surface area contributed by atoms with Crippen LogP contribution in [0.3, 0.4) is 0 Å². The van der Waals surface area contributed by atoms with Crippen LogP contribution in [0.5, 0.6) is 0 Å². The van der Waals surface area contributed by atoms with Gasteiger partial charge >= 0.3 is 0 Å². The van der Waals surface area contributed by atoms with Gasteiger partial charge in [0.2, 0.25) is 0 Å². The Balaban J connectivity index is 1.52. The van der Waals surface area contributed by atoms with E-state index in [-0.39, 0.29) is 12.0 Å². The van der Waals surface area contributed by atoms with Gasteiger partial charge < -0.3 is 14.8 Å². The summed E-state index contributed by atoms with van der Waals surface area (Å²) in [5, 5.41) is 8.16. The molecule has 3 rings (SSSR count). The Labute approximate surface area is 147 Å². The van der Waals surface area contributed by atoms with Crippen molar-refractivity contribution in [2.24, 2.45) is 7.05 Å². The van der Waals surface area contributed by atoms with Crippen molar-refractivity contribution in [1.82, 2.24) is 20.1 Å². The van der Waals surface area contributed by atoms with E-state index in [4.69, 9.17) is 9.47 Å². The Hall–Kier alpha value is -1.99. The molecule has 2 aromatic rings.